The molecular weight excluding hydrogens is 186 g/mol. The molecule has 1 heterocycles. The van der Waals surface area contributed by atoms with Crippen LogP contribution in [0.5, 0.6) is 0 Å². The Bertz CT molecular complexity index is 254. The lowest BCUT2D eigenvalue weighted by Crippen LogP contribution is -2.12. The van der Waals surface area contributed by atoms with Gasteiger partial charge in [0, 0.05) is 12.4 Å². The van der Waals surface area contributed by atoms with Gasteiger partial charge in [-0.2, -0.15) is 0 Å². The van der Waals surface area contributed by atoms with Crippen molar-refractivity contribution in [2.75, 3.05) is 0 Å². The number of rotatable bonds is 6. The minimum absolute atomic E-state index is 0.349. The van der Waals surface area contributed by atoms with E-state index >= 15 is 0 Å². The van der Waals surface area contributed by atoms with E-state index in [-0.39, 0.29) is 6.10 Å². The molecule has 2 heteroatoms. The number of aromatic nitrogens is 1. The molecule has 0 amide bonds. The monoisotopic (exact) mass is 207 g/mol. The van der Waals surface area contributed by atoms with Gasteiger partial charge in [0.1, 0.15) is 0 Å². The Kier molecular flexibility index (Phi) is 5.33. The molecular formula is C13H21NO. The van der Waals surface area contributed by atoms with Gasteiger partial charge in [-0.25, -0.2) is 0 Å². The molecule has 0 saturated heterocycles. The highest BCUT2D eigenvalue weighted by molar-refractivity contribution is 5.12. The lowest BCUT2D eigenvalue weighted by Gasteiger charge is -2.22. The van der Waals surface area contributed by atoms with Gasteiger partial charge in [0.2, 0.25) is 0 Å². The van der Waals surface area contributed by atoms with Crippen molar-refractivity contribution < 1.29 is 5.11 Å². The number of nitrogens with zero attached hydrogens (tertiary/aromatic N) is 1. The fourth-order valence-corrected chi connectivity index (χ4v) is 2.02. The lowest BCUT2D eigenvalue weighted by molar-refractivity contribution is 0.0961. The average molecular weight is 207 g/mol. The molecule has 15 heavy (non-hydrogen) atoms. The fourth-order valence-electron chi connectivity index (χ4n) is 2.02. The summed E-state index contributed by atoms with van der Waals surface area (Å²) in [5.74, 6) is 0.379. The van der Waals surface area contributed by atoms with E-state index in [0.29, 0.717) is 5.92 Å². The Labute approximate surface area is 92.4 Å². The van der Waals surface area contributed by atoms with Crippen LogP contribution in [-0.4, -0.2) is 10.1 Å². The molecule has 84 valence electrons. The summed E-state index contributed by atoms with van der Waals surface area (Å²) < 4.78 is 0. The first-order valence-electron chi connectivity index (χ1n) is 5.87. The van der Waals surface area contributed by atoms with Crippen molar-refractivity contribution in [2.24, 2.45) is 5.92 Å². The van der Waals surface area contributed by atoms with Crippen LogP contribution in [0.2, 0.25) is 0 Å². The molecule has 0 aliphatic rings. The topological polar surface area (TPSA) is 33.1 Å². The molecule has 1 unspecified atom stereocenters. The number of hydrogen-bond donors (Lipinski definition) is 1. The second kappa shape index (κ2) is 6.57. The number of aliphatic hydroxyl groups excluding tert-OH is 1. The highest BCUT2D eigenvalue weighted by Gasteiger charge is 2.19. The van der Waals surface area contributed by atoms with E-state index < -0.39 is 0 Å². The maximum Gasteiger partial charge on any atom is 0.0833 e. The van der Waals surface area contributed by atoms with E-state index in [1.807, 2.05) is 12.1 Å². The molecule has 0 aliphatic carbocycles. The van der Waals surface area contributed by atoms with E-state index in [4.69, 9.17) is 0 Å². The van der Waals surface area contributed by atoms with E-state index in [1.54, 1.807) is 12.4 Å². The largest absolute Gasteiger partial charge is 0.388 e. The van der Waals surface area contributed by atoms with Gasteiger partial charge >= 0.3 is 0 Å². The molecule has 0 spiro atoms. The van der Waals surface area contributed by atoms with Gasteiger partial charge in [0.05, 0.1) is 6.10 Å². The van der Waals surface area contributed by atoms with Crippen molar-refractivity contribution in [1.29, 1.82) is 0 Å². The van der Waals surface area contributed by atoms with Crippen molar-refractivity contribution in [3.63, 3.8) is 0 Å². The molecule has 1 aromatic rings. The quantitative estimate of drug-likeness (QED) is 0.776. The third kappa shape index (κ3) is 3.63. The zero-order valence-corrected chi connectivity index (χ0v) is 9.69. The predicted molar refractivity (Wildman–Crippen MR) is 62.5 cm³/mol. The van der Waals surface area contributed by atoms with Crippen LogP contribution in [0.3, 0.4) is 0 Å². The molecule has 1 rings (SSSR count). The summed E-state index contributed by atoms with van der Waals surface area (Å²) in [5, 5.41) is 10.2. The summed E-state index contributed by atoms with van der Waals surface area (Å²) in [7, 11) is 0. The van der Waals surface area contributed by atoms with Crippen LogP contribution < -0.4 is 0 Å². The van der Waals surface area contributed by atoms with Gasteiger partial charge in [0.25, 0.3) is 0 Å². The average Bonchev–Trinajstić information content (AvgIpc) is 2.29. The van der Waals surface area contributed by atoms with Gasteiger partial charge < -0.3 is 5.11 Å². The maximum absolute atomic E-state index is 10.2. The van der Waals surface area contributed by atoms with Crippen LogP contribution >= 0.6 is 0 Å². The number of pyridine rings is 1. The molecule has 1 N–H and O–H groups in total. The molecule has 0 aromatic carbocycles. The molecule has 0 saturated carbocycles. The Morgan fingerprint density at radius 3 is 2.40 bits per heavy atom. The van der Waals surface area contributed by atoms with Gasteiger partial charge in [0.15, 0.2) is 0 Å². The van der Waals surface area contributed by atoms with E-state index in [1.165, 1.54) is 0 Å². The Morgan fingerprint density at radius 2 is 1.93 bits per heavy atom. The Morgan fingerprint density at radius 1 is 1.27 bits per heavy atom. The molecule has 0 bridgehead atoms. The van der Waals surface area contributed by atoms with Gasteiger partial charge in [-0.15, -0.1) is 0 Å². The van der Waals surface area contributed by atoms with Gasteiger partial charge in [-0.1, -0.05) is 32.8 Å². The van der Waals surface area contributed by atoms with Gasteiger partial charge in [-0.05, 0) is 30.4 Å². The van der Waals surface area contributed by atoms with E-state index in [2.05, 4.69) is 18.8 Å². The summed E-state index contributed by atoms with van der Waals surface area (Å²) in [6.45, 7) is 4.33. The number of aliphatic hydroxyl groups is 1. The molecule has 0 fully saturated rings. The van der Waals surface area contributed by atoms with Crippen LogP contribution in [0.15, 0.2) is 24.5 Å². The standard InChI is InChI=1S/C13H21NO/c1-3-6-11(7-4-2)13(15)12-8-5-9-14-10-12/h5,8-11,13,15H,3-4,6-7H2,1-2H3. The molecule has 0 radical (unpaired) electrons. The zero-order chi connectivity index (χ0) is 11.1. The van der Waals surface area contributed by atoms with Crippen molar-refractivity contribution in [2.45, 2.75) is 45.6 Å². The second-order valence-electron chi connectivity index (χ2n) is 4.07. The summed E-state index contributed by atoms with van der Waals surface area (Å²) in [6.07, 6.45) is 7.59. The summed E-state index contributed by atoms with van der Waals surface area (Å²) in [5.41, 5.74) is 0.949. The summed E-state index contributed by atoms with van der Waals surface area (Å²) >= 11 is 0. The highest BCUT2D eigenvalue weighted by atomic mass is 16.3. The summed E-state index contributed by atoms with van der Waals surface area (Å²) in [4.78, 5) is 4.05. The third-order valence-electron chi connectivity index (χ3n) is 2.79. The van der Waals surface area contributed by atoms with Crippen LogP contribution in [0, 0.1) is 5.92 Å². The molecule has 2 nitrogen and oxygen atoms in total. The molecule has 0 aliphatic heterocycles. The van der Waals surface area contributed by atoms with E-state index in [9.17, 15) is 5.11 Å². The van der Waals surface area contributed by atoms with Crippen LogP contribution in [-0.2, 0) is 0 Å². The van der Waals surface area contributed by atoms with Crippen molar-refractivity contribution in [3.05, 3.63) is 30.1 Å². The smallest absolute Gasteiger partial charge is 0.0833 e. The zero-order valence-electron chi connectivity index (χ0n) is 9.69. The van der Waals surface area contributed by atoms with Crippen molar-refractivity contribution in [1.82, 2.24) is 4.98 Å². The first-order valence-corrected chi connectivity index (χ1v) is 5.87. The Balaban J connectivity index is 2.67. The van der Waals surface area contributed by atoms with Gasteiger partial charge in [-0.3, -0.25) is 4.98 Å². The predicted octanol–water partition coefficient (Wildman–Crippen LogP) is 3.33. The second-order valence-corrected chi connectivity index (χ2v) is 4.07. The number of hydrogen-bond acceptors (Lipinski definition) is 2. The van der Waals surface area contributed by atoms with E-state index in [0.717, 1.165) is 31.2 Å². The lowest BCUT2D eigenvalue weighted by atomic mass is 9.89. The Hall–Kier alpha value is -0.890. The minimum Gasteiger partial charge on any atom is -0.388 e. The highest BCUT2D eigenvalue weighted by Crippen LogP contribution is 2.28. The molecule has 1 aromatic heterocycles. The first kappa shape index (κ1) is 12.2. The van der Waals surface area contributed by atoms with Crippen LogP contribution in [0.25, 0.3) is 0 Å². The first-order chi connectivity index (χ1) is 7.29. The normalized spacial score (nSPS) is 13.1. The fraction of sp³-hybridized carbons (Fsp3) is 0.615. The molecule has 1 atom stereocenters. The third-order valence-corrected chi connectivity index (χ3v) is 2.79. The minimum atomic E-state index is -0.349. The van der Waals surface area contributed by atoms with Crippen molar-refractivity contribution in [3.8, 4) is 0 Å². The SMILES string of the molecule is CCCC(CCC)C(O)c1cccnc1. The van der Waals surface area contributed by atoms with Crippen LogP contribution in [0.4, 0.5) is 0 Å². The van der Waals surface area contributed by atoms with Crippen LogP contribution in [0.1, 0.15) is 51.2 Å². The van der Waals surface area contributed by atoms with Crippen molar-refractivity contribution >= 4 is 0 Å². The summed E-state index contributed by atoms with van der Waals surface area (Å²) in [6, 6.07) is 3.84. The maximum atomic E-state index is 10.2.